The Morgan fingerprint density at radius 3 is 1.93 bits per heavy atom. The zero-order valence-corrected chi connectivity index (χ0v) is 40.9. The maximum atomic E-state index is 12.4. The fourth-order valence-corrected chi connectivity index (χ4v) is 14.2. The zero-order chi connectivity index (χ0) is 49.5. The van der Waals surface area contributed by atoms with Gasteiger partial charge in [0.1, 0.15) is 67.1 Å². The molecule has 3 aliphatic heterocycles. The number of aliphatic hydroxyl groups excluding tert-OH is 11. The molecule has 0 aromatic rings. The van der Waals surface area contributed by atoms with Gasteiger partial charge in [0.15, 0.2) is 18.9 Å². The van der Waals surface area contributed by atoms with Gasteiger partial charge in [-0.3, -0.25) is 0 Å². The quantitative estimate of drug-likeness (QED) is 0.105. The van der Waals surface area contributed by atoms with E-state index >= 15 is 0 Å². The summed E-state index contributed by atoms with van der Waals surface area (Å²) in [6.45, 7) is 17.1. The van der Waals surface area contributed by atoms with E-state index in [0.717, 1.165) is 25.7 Å². The summed E-state index contributed by atoms with van der Waals surface area (Å²) in [6.07, 6.45) is -17.2. The van der Waals surface area contributed by atoms with Gasteiger partial charge in [-0.25, -0.2) is 0 Å². The molecule has 12 N–H and O–H groups in total. The predicted molar refractivity (Wildman–Crippen MR) is 238 cm³/mol. The average Bonchev–Trinajstić information content (AvgIpc) is 3.54. The van der Waals surface area contributed by atoms with Gasteiger partial charge in [-0.15, -0.1) is 0 Å². The van der Waals surface area contributed by atoms with E-state index in [2.05, 4.69) is 47.6 Å². The Kier molecular flexibility index (Phi) is 15.9. The number of fused-ring (bicyclic) bond motifs is 5. The second-order valence-electron chi connectivity index (χ2n) is 23.3. The number of aliphatic hydroxyl groups is 12. The number of hydrogen-bond donors (Lipinski definition) is 12. The zero-order valence-electron chi connectivity index (χ0n) is 40.9. The smallest absolute Gasteiger partial charge is 0.187 e. The highest BCUT2D eigenvalue weighted by Gasteiger charge is 2.70. The molecule has 3 heterocycles. The molecular weight excluding hydrogens is 877 g/mol. The molecule has 3 saturated carbocycles. The van der Waals surface area contributed by atoms with Crippen molar-refractivity contribution in [2.24, 2.45) is 45.3 Å². The van der Waals surface area contributed by atoms with Gasteiger partial charge in [0.05, 0.1) is 43.2 Å². The lowest BCUT2D eigenvalue weighted by molar-refractivity contribution is -0.379. The van der Waals surface area contributed by atoms with Crippen LogP contribution in [0.3, 0.4) is 0 Å². The Balaban J connectivity index is 1.10. The maximum absolute atomic E-state index is 12.4. The third-order valence-electron chi connectivity index (χ3n) is 18.9. The standard InChI is InChI=1S/C49H84O18/c1-10-26-33(53)36(56)40(60)43(63-26)67-41-38(58)35(55)28(21-62-42-39(59)37(57)34(54)27(20-50)64-42)65-44(41)66-32(46(5,6)61)16-11-22(2)23-17-18-47(7)29-14-12-24-25(13-15-30(51)45(24,3)4)49(29,9)31(52)19-48(23,47)8/h12,22-23,25-44,50-61H,10-11,13-21H2,1-9H3/t22-,23?,25?,26+,27-,28-,29?,30+,31-,32-,33+,34-,35-,36-,37+,38+,39-,40+,41-,42+,43-,44+,47+,48-,49+/m1/s1. The molecule has 25 atom stereocenters. The summed E-state index contributed by atoms with van der Waals surface area (Å²) in [5, 5.41) is 131. The molecule has 67 heavy (non-hydrogen) atoms. The van der Waals surface area contributed by atoms with Gasteiger partial charge in [0, 0.05) is 10.8 Å². The van der Waals surface area contributed by atoms with Crippen molar-refractivity contribution in [3.05, 3.63) is 11.6 Å². The second kappa shape index (κ2) is 19.8. The first-order chi connectivity index (χ1) is 31.2. The molecule has 4 aliphatic carbocycles. The summed E-state index contributed by atoms with van der Waals surface area (Å²) < 4.78 is 36.0. The van der Waals surface area contributed by atoms with Crippen molar-refractivity contribution in [3.63, 3.8) is 0 Å². The van der Waals surface area contributed by atoms with Crippen LogP contribution in [-0.4, -0.2) is 191 Å². The SMILES string of the molecule is CC[C@@H]1O[C@H](O[C@H]2[C@H](O[C@H](CC[C@@H](C)C3CC[C@@]4(C)C5CC=C6C(CC[C@H](O)C6(C)C)[C@]5(C)[C@H](O)C[C@]34C)C(C)(C)O)O[C@H](CO[C@H]3O[C@H](CO)[C@@H](O)[C@H](O)[C@H]3O)[C@@H](O)[C@@H]2O)[C@@H](O)[C@H](O)[C@H]1O. The number of ether oxygens (including phenoxy) is 6. The number of hydrogen-bond acceptors (Lipinski definition) is 18. The molecule has 0 bridgehead atoms. The van der Waals surface area contributed by atoms with Crippen LogP contribution in [0.1, 0.15) is 120 Å². The molecule has 0 radical (unpaired) electrons. The van der Waals surface area contributed by atoms with Gasteiger partial charge in [-0.1, -0.05) is 60.1 Å². The molecule has 0 aromatic carbocycles. The minimum Gasteiger partial charge on any atom is -0.394 e. The van der Waals surface area contributed by atoms with Crippen LogP contribution in [0.15, 0.2) is 11.6 Å². The third-order valence-corrected chi connectivity index (χ3v) is 18.9. The van der Waals surface area contributed by atoms with Crippen LogP contribution in [0.4, 0.5) is 0 Å². The lowest BCUT2D eigenvalue weighted by atomic mass is 9.38. The minimum absolute atomic E-state index is 0.0788. The molecule has 6 fully saturated rings. The van der Waals surface area contributed by atoms with Crippen molar-refractivity contribution in [3.8, 4) is 0 Å². The third kappa shape index (κ3) is 9.26. The van der Waals surface area contributed by atoms with Crippen molar-refractivity contribution >= 4 is 0 Å². The van der Waals surface area contributed by atoms with Gasteiger partial charge < -0.3 is 89.7 Å². The Hall–Kier alpha value is -0.980. The maximum Gasteiger partial charge on any atom is 0.187 e. The van der Waals surface area contributed by atoms with E-state index < -0.39 is 129 Å². The van der Waals surface area contributed by atoms with E-state index in [-0.39, 0.29) is 51.8 Å². The molecule has 7 aliphatic rings. The average molecular weight is 961 g/mol. The van der Waals surface area contributed by atoms with Gasteiger partial charge >= 0.3 is 0 Å². The van der Waals surface area contributed by atoms with Gasteiger partial charge in [-0.2, -0.15) is 0 Å². The molecule has 0 amide bonds. The van der Waals surface area contributed by atoms with Crippen molar-refractivity contribution in [2.45, 2.75) is 236 Å². The lowest BCUT2D eigenvalue weighted by Crippen LogP contribution is -2.65. The summed E-state index contributed by atoms with van der Waals surface area (Å²) in [4.78, 5) is 0. The summed E-state index contributed by atoms with van der Waals surface area (Å²) in [7, 11) is 0. The molecular formula is C49H84O18. The summed E-state index contributed by atoms with van der Waals surface area (Å²) in [5.41, 5.74) is -1.22. The van der Waals surface area contributed by atoms with Crippen molar-refractivity contribution in [2.75, 3.05) is 13.2 Å². The van der Waals surface area contributed by atoms with Crippen LogP contribution < -0.4 is 0 Å². The van der Waals surface area contributed by atoms with E-state index in [4.69, 9.17) is 28.4 Å². The molecule has 0 spiro atoms. The van der Waals surface area contributed by atoms with Crippen molar-refractivity contribution < 1.29 is 89.7 Å². The fourth-order valence-electron chi connectivity index (χ4n) is 14.2. The van der Waals surface area contributed by atoms with E-state index in [0.29, 0.717) is 25.7 Å². The molecule has 7 rings (SSSR count). The molecule has 388 valence electrons. The van der Waals surface area contributed by atoms with Gasteiger partial charge in [-0.05, 0) is 106 Å². The Bertz CT molecular complexity index is 1710. The Labute approximate surface area is 395 Å². The molecule has 18 heteroatoms. The largest absolute Gasteiger partial charge is 0.394 e. The predicted octanol–water partition coefficient (Wildman–Crippen LogP) is 0.362. The van der Waals surface area contributed by atoms with E-state index in [1.165, 1.54) is 5.57 Å². The normalized spacial score (nSPS) is 51.0. The topological polar surface area (TPSA) is 298 Å². The van der Waals surface area contributed by atoms with Gasteiger partial charge in [0.25, 0.3) is 0 Å². The Morgan fingerprint density at radius 2 is 1.30 bits per heavy atom. The van der Waals surface area contributed by atoms with Crippen molar-refractivity contribution in [1.29, 1.82) is 0 Å². The van der Waals surface area contributed by atoms with Crippen LogP contribution in [0, 0.1) is 45.3 Å². The van der Waals surface area contributed by atoms with Crippen molar-refractivity contribution in [1.82, 2.24) is 0 Å². The first-order valence-electron chi connectivity index (χ1n) is 24.9. The minimum atomic E-state index is -1.83. The van der Waals surface area contributed by atoms with Crippen LogP contribution >= 0.6 is 0 Å². The first-order valence-corrected chi connectivity index (χ1v) is 24.9. The molecule has 3 unspecified atom stereocenters. The van der Waals surface area contributed by atoms with Crippen LogP contribution in [0.5, 0.6) is 0 Å². The number of allylic oxidation sites excluding steroid dienone is 1. The molecule has 0 aromatic heterocycles. The monoisotopic (exact) mass is 961 g/mol. The fraction of sp³-hybridized carbons (Fsp3) is 0.959. The van der Waals surface area contributed by atoms with E-state index in [1.807, 2.05) is 0 Å². The van der Waals surface area contributed by atoms with Gasteiger partial charge in [0.2, 0.25) is 0 Å². The first kappa shape index (κ1) is 53.8. The summed E-state index contributed by atoms with van der Waals surface area (Å²) in [5.74, 6) is 0.747. The molecule has 3 saturated heterocycles. The summed E-state index contributed by atoms with van der Waals surface area (Å²) in [6, 6.07) is 0. The highest BCUT2D eigenvalue weighted by atomic mass is 16.8. The number of rotatable bonds is 14. The van der Waals surface area contributed by atoms with Crippen LogP contribution in [0.2, 0.25) is 0 Å². The van der Waals surface area contributed by atoms with E-state index in [1.54, 1.807) is 20.8 Å². The highest BCUT2D eigenvalue weighted by molar-refractivity contribution is 5.31. The summed E-state index contributed by atoms with van der Waals surface area (Å²) >= 11 is 0. The lowest BCUT2D eigenvalue weighted by Gasteiger charge is -2.67. The van der Waals surface area contributed by atoms with Crippen LogP contribution in [0.25, 0.3) is 0 Å². The Morgan fingerprint density at radius 1 is 0.701 bits per heavy atom. The van der Waals surface area contributed by atoms with E-state index in [9.17, 15) is 61.3 Å². The molecule has 18 nitrogen and oxygen atoms in total. The van der Waals surface area contributed by atoms with Crippen LogP contribution in [-0.2, 0) is 28.4 Å². The highest BCUT2D eigenvalue weighted by Crippen LogP contribution is 2.75. The second-order valence-corrected chi connectivity index (χ2v) is 23.3.